The Morgan fingerprint density at radius 2 is 1.78 bits per heavy atom. The molecule has 1 aromatic rings. The van der Waals surface area contributed by atoms with Crippen molar-refractivity contribution in [3.05, 3.63) is 46.5 Å². The quantitative estimate of drug-likeness (QED) is 0.331. The van der Waals surface area contributed by atoms with E-state index in [-0.39, 0.29) is 19.4 Å². The van der Waals surface area contributed by atoms with Crippen molar-refractivity contribution < 1.29 is 37.1 Å². The van der Waals surface area contributed by atoms with Crippen LogP contribution in [0.15, 0.2) is 30.4 Å². The number of benzene rings is 1. The summed E-state index contributed by atoms with van der Waals surface area (Å²) in [7, 11) is -3.90. The minimum Gasteiger partial charge on any atom is -0.444 e. The fraction of sp³-hybridized carbons (Fsp3) is 0.629. The summed E-state index contributed by atoms with van der Waals surface area (Å²) in [4.78, 5) is 71.3. The lowest BCUT2D eigenvalue weighted by molar-refractivity contribution is -0.141. The number of hydrogen-bond donors (Lipinski definition) is 4. The van der Waals surface area contributed by atoms with E-state index in [9.17, 15) is 32.4 Å². The van der Waals surface area contributed by atoms with E-state index >= 15 is 0 Å². The fourth-order valence-electron chi connectivity index (χ4n) is 7.09. The molecule has 278 valence electrons. The van der Waals surface area contributed by atoms with Gasteiger partial charge in [-0.2, -0.15) is 0 Å². The van der Waals surface area contributed by atoms with Gasteiger partial charge in [0, 0.05) is 36.0 Å². The molecule has 0 spiro atoms. The molecule has 14 nitrogen and oxygen atoms in total. The minimum atomic E-state index is -3.90. The minimum absolute atomic E-state index is 0.0601. The molecule has 0 unspecified atom stereocenters. The van der Waals surface area contributed by atoms with Crippen molar-refractivity contribution in [2.24, 2.45) is 5.92 Å². The number of halogens is 1. The number of nitrogens with one attached hydrogen (secondary N) is 4. The monoisotopic (exact) mass is 746 g/mol. The number of carbonyl (C=O) groups excluding carboxylic acids is 5. The van der Waals surface area contributed by atoms with Crippen molar-refractivity contribution >= 4 is 51.5 Å². The normalized spacial score (nSPS) is 28.9. The Morgan fingerprint density at radius 1 is 1.04 bits per heavy atom. The smallest absolute Gasteiger partial charge is 0.410 e. The highest BCUT2D eigenvalue weighted by molar-refractivity contribution is 7.91. The summed E-state index contributed by atoms with van der Waals surface area (Å²) in [6.45, 7) is 5.94. The molecule has 5 atom stereocenters. The van der Waals surface area contributed by atoms with Gasteiger partial charge in [0.15, 0.2) is 0 Å². The molecule has 2 aliphatic carbocycles. The summed E-state index contributed by atoms with van der Waals surface area (Å²) in [5, 5.41) is 8.36. The maximum atomic E-state index is 14.3. The summed E-state index contributed by atoms with van der Waals surface area (Å²) in [6, 6.07) is 2.72. The summed E-state index contributed by atoms with van der Waals surface area (Å²) < 4.78 is 33.6. The van der Waals surface area contributed by atoms with E-state index in [1.54, 1.807) is 12.1 Å². The van der Waals surface area contributed by atoms with Crippen molar-refractivity contribution in [1.29, 1.82) is 0 Å². The molecule has 0 aromatic heterocycles. The van der Waals surface area contributed by atoms with E-state index in [1.807, 2.05) is 39.0 Å². The highest BCUT2D eigenvalue weighted by Gasteiger charge is 2.62. The summed E-state index contributed by atoms with van der Waals surface area (Å²) in [5.41, 5.74) is -0.257. The number of hydrogen-bond acceptors (Lipinski definition) is 8. The van der Waals surface area contributed by atoms with Gasteiger partial charge in [0.05, 0.1) is 11.8 Å². The topological polar surface area (TPSA) is 183 Å². The highest BCUT2D eigenvalue weighted by atomic mass is 35.5. The molecular formula is C35H47ClN6O8S. The molecule has 6 rings (SSSR count). The van der Waals surface area contributed by atoms with Gasteiger partial charge in [-0.3, -0.25) is 24.0 Å². The molecule has 3 heterocycles. The van der Waals surface area contributed by atoms with E-state index in [2.05, 4.69) is 20.7 Å². The molecule has 4 N–H and O–H groups in total. The predicted molar refractivity (Wildman–Crippen MR) is 188 cm³/mol. The van der Waals surface area contributed by atoms with E-state index in [0.29, 0.717) is 50.2 Å². The summed E-state index contributed by atoms with van der Waals surface area (Å²) in [6.07, 6.45) is 6.52. The van der Waals surface area contributed by atoms with Gasteiger partial charge >= 0.3 is 12.1 Å². The number of amides is 6. The van der Waals surface area contributed by atoms with Crippen LogP contribution in [0.5, 0.6) is 0 Å². The Labute approximate surface area is 303 Å². The first-order valence-electron chi connectivity index (χ1n) is 17.7. The number of allylic oxidation sites excluding steroid dienone is 1. The van der Waals surface area contributed by atoms with Gasteiger partial charge in [-0.15, -0.1) is 0 Å². The summed E-state index contributed by atoms with van der Waals surface area (Å²) >= 11 is 6.15. The number of ether oxygens (including phenoxy) is 1. The van der Waals surface area contributed by atoms with E-state index in [4.69, 9.17) is 16.3 Å². The molecule has 51 heavy (non-hydrogen) atoms. The maximum absolute atomic E-state index is 14.3. The average molecular weight is 747 g/mol. The van der Waals surface area contributed by atoms with Gasteiger partial charge in [0.2, 0.25) is 21.8 Å². The number of fused-ring (bicyclic) bond motifs is 3. The number of carbonyl (C=O) groups is 5. The average Bonchev–Trinajstić information content (AvgIpc) is 3.93. The molecule has 3 aliphatic heterocycles. The largest absolute Gasteiger partial charge is 0.444 e. The third kappa shape index (κ3) is 8.62. The maximum Gasteiger partial charge on any atom is 0.410 e. The van der Waals surface area contributed by atoms with Gasteiger partial charge in [-0.25, -0.2) is 18.0 Å². The lowest BCUT2D eigenvalue weighted by Crippen LogP contribution is -2.59. The van der Waals surface area contributed by atoms with E-state index < -0.39 is 80.3 Å². The molecule has 5 aliphatic rings. The van der Waals surface area contributed by atoms with Gasteiger partial charge in [0.1, 0.15) is 23.7 Å². The van der Waals surface area contributed by atoms with Crippen LogP contribution in [0.1, 0.15) is 89.7 Å². The van der Waals surface area contributed by atoms with Crippen LogP contribution in [0.2, 0.25) is 5.02 Å². The zero-order valence-electron chi connectivity index (χ0n) is 29.2. The summed E-state index contributed by atoms with van der Waals surface area (Å²) in [5.74, 6) is -2.45. The second-order valence-corrected chi connectivity index (χ2v) is 17.8. The number of urea groups is 1. The molecule has 6 amide bonds. The molecule has 3 fully saturated rings. The standard InChI is InChI=1S/C35H47ClN6O8S/c1-34(2,3)39-32(46)37-27-10-8-6-4-5-7-9-23-17-35(23,31(45)40-51(48,49)26-13-14-26)38-29(43)28-16-25(20-42(28)30(27)44)50-33(47)41-18-21-11-12-24(36)15-22(21)19-41/h7,9,11-12,15,23,25-28H,4-6,8,10,13-14,16-20H2,1-3H3,(H,38,43)(H,40,45)(H2,37,39,46)/b9-7-/t23-,25-,27+,28+,35-/m1/s1. The lowest BCUT2D eigenvalue weighted by Gasteiger charge is -2.30. The zero-order chi connectivity index (χ0) is 36.7. The molecule has 2 saturated carbocycles. The first-order chi connectivity index (χ1) is 24.0. The molecule has 0 bridgehead atoms. The van der Waals surface area contributed by atoms with Crippen LogP contribution in [-0.2, 0) is 42.2 Å². The Kier molecular flexibility index (Phi) is 10.3. The van der Waals surface area contributed by atoms with Crippen LogP contribution >= 0.6 is 11.6 Å². The molecule has 1 aromatic carbocycles. The third-order valence-electron chi connectivity index (χ3n) is 10.1. The van der Waals surface area contributed by atoms with E-state index in [1.165, 1.54) is 9.80 Å². The SMILES string of the molecule is CC(C)(C)NC(=O)N[C@H]1CCCCC/C=C\[C@@H]2C[C@@]2(C(=O)NS(=O)(=O)C2CC2)NC(=O)[C@@H]2C[C@@H](OC(=O)N3Cc4ccc(Cl)cc4C3)CN2C1=O. The Bertz CT molecular complexity index is 1730. The van der Waals surface area contributed by atoms with Crippen LogP contribution in [0.3, 0.4) is 0 Å². The van der Waals surface area contributed by atoms with Crippen molar-refractivity contribution in [2.75, 3.05) is 6.54 Å². The second kappa shape index (κ2) is 14.3. The van der Waals surface area contributed by atoms with Crippen LogP contribution in [-0.4, -0.2) is 89.1 Å². The van der Waals surface area contributed by atoms with Gasteiger partial charge < -0.3 is 25.6 Å². The Morgan fingerprint density at radius 3 is 2.51 bits per heavy atom. The highest BCUT2D eigenvalue weighted by Crippen LogP contribution is 2.46. The first kappa shape index (κ1) is 36.9. The number of sulfonamides is 1. The Hall–Kier alpha value is -3.85. The third-order valence-corrected chi connectivity index (χ3v) is 12.1. The molecule has 0 radical (unpaired) electrons. The number of nitrogens with zero attached hydrogens (tertiary/aromatic N) is 2. The molecule has 16 heteroatoms. The molecule has 1 saturated heterocycles. The fourth-order valence-corrected chi connectivity index (χ4v) is 8.65. The van der Waals surface area contributed by atoms with Crippen LogP contribution in [0.25, 0.3) is 0 Å². The zero-order valence-corrected chi connectivity index (χ0v) is 30.8. The van der Waals surface area contributed by atoms with E-state index in [0.717, 1.165) is 24.0 Å². The van der Waals surface area contributed by atoms with Gasteiger partial charge in [0.25, 0.3) is 5.91 Å². The molecular weight excluding hydrogens is 700 g/mol. The second-order valence-electron chi connectivity index (χ2n) is 15.4. The van der Waals surface area contributed by atoms with Crippen molar-refractivity contribution in [2.45, 2.75) is 126 Å². The van der Waals surface area contributed by atoms with Crippen molar-refractivity contribution in [1.82, 2.24) is 30.5 Å². The number of rotatable bonds is 5. The van der Waals surface area contributed by atoms with Gasteiger partial charge in [-0.05, 0) is 82.6 Å². The van der Waals surface area contributed by atoms with Gasteiger partial charge in [-0.1, -0.05) is 42.7 Å². The van der Waals surface area contributed by atoms with Crippen LogP contribution in [0.4, 0.5) is 9.59 Å². The Balaban J connectivity index is 1.25. The van der Waals surface area contributed by atoms with Crippen LogP contribution < -0.4 is 20.7 Å². The van der Waals surface area contributed by atoms with Crippen LogP contribution in [0, 0.1) is 5.92 Å². The first-order valence-corrected chi connectivity index (χ1v) is 19.6. The van der Waals surface area contributed by atoms with Crippen molar-refractivity contribution in [3.63, 3.8) is 0 Å². The van der Waals surface area contributed by atoms with Crippen molar-refractivity contribution in [3.8, 4) is 0 Å². The predicted octanol–water partition coefficient (Wildman–Crippen LogP) is 3.23. The lowest BCUT2D eigenvalue weighted by atomic mass is 10.0.